The van der Waals surface area contributed by atoms with E-state index >= 15 is 0 Å². The predicted octanol–water partition coefficient (Wildman–Crippen LogP) is 2.14. The van der Waals surface area contributed by atoms with Crippen LogP contribution >= 0.6 is 0 Å². The third kappa shape index (κ3) is 3.72. The number of rotatable bonds is 5. The molecule has 0 saturated carbocycles. The average Bonchev–Trinajstić information content (AvgIpc) is 3.17. The standard InChI is InChI=1S/C17H17N3O4S2/c18-13-14-6-8-16(9-7-14)25(21,22)19-15-4-3-5-17(12-15)26(23,24)20-10-1-2-11-20/h3-9,12,19H,1-2,10-11H2. The van der Waals surface area contributed by atoms with Gasteiger partial charge >= 0.3 is 0 Å². The summed E-state index contributed by atoms with van der Waals surface area (Å²) in [6.45, 7) is 0.951. The Balaban J connectivity index is 1.87. The van der Waals surface area contributed by atoms with Crippen LogP contribution in [-0.4, -0.2) is 34.2 Å². The Bertz CT molecular complexity index is 1050. The van der Waals surface area contributed by atoms with Gasteiger partial charge in [-0.15, -0.1) is 0 Å². The summed E-state index contributed by atoms with van der Waals surface area (Å²) < 4.78 is 53.9. The van der Waals surface area contributed by atoms with Crippen LogP contribution in [0.5, 0.6) is 0 Å². The van der Waals surface area contributed by atoms with E-state index in [0.29, 0.717) is 18.7 Å². The van der Waals surface area contributed by atoms with Gasteiger partial charge in [-0.05, 0) is 55.3 Å². The van der Waals surface area contributed by atoms with Crippen LogP contribution in [0.2, 0.25) is 0 Å². The zero-order valence-electron chi connectivity index (χ0n) is 13.8. The molecule has 1 fully saturated rings. The third-order valence-electron chi connectivity index (χ3n) is 4.08. The maximum Gasteiger partial charge on any atom is 0.261 e. The monoisotopic (exact) mass is 391 g/mol. The van der Waals surface area contributed by atoms with E-state index in [4.69, 9.17) is 5.26 Å². The van der Waals surface area contributed by atoms with Crippen LogP contribution in [0.4, 0.5) is 5.69 Å². The fraction of sp³-hybridized carbons (Fsp3) is 0.235. The Hall–Kier alpha value is -2.41. The van der Waals surface area contributed by atoms with Crippen molar-refractivity contribution in [3.05, 3.63) is 54.1 Å². The van der Waals surface area contributed by atoms with Crippen LogP contribution in [0.25, 0.3) is 0 Å². The van der Waals surface area contributed by atoms with E-state index in [1.54, 1.807) is 0 Å². The maximum atomic E-state index is 12.6. The quantitative estimate of drug-likeness (QED) is 0.840. The Morgan fingerprint density at radius 1 is 0.923 bits per heavy atom. The predicted molar refractivity (Wildman–Crippen MR) is 96.4 cm³/mol. The van der Waals surface area contributed by atoms with Gasteiger partial charge in [0.1, 0.15) is 0 Å². The van der Waals surface area contributed by atoms with Gasteiger partial charge in [0.25, 0.3) is 10.0 Å². The smallest absolute Gasteiger partial charge is 0.261 e. The molecule has 0 aromatic heterocycles. The molecule has 0 radical (unpaired) electrons. The van der Waals surface area contributed by atoms with Crippen LogP contribution in [0.1, 0.15) is 18.4 Å². The molecule has 26 heavy (non-hydrogen) atoms. The van der Waals surface area contributed by atoms with Gasteiger partial charge in [-0.2, -0.15) is 9.57 Å². The molecule has 1 N–H and O–H groups in total. The molecule has 1 aliphatic heterocycles. The number of nitrogens with one attached hydrogen (secondary N) is 1. The molecule has 1 heterocycles. The average molecular weight is 391 g/mol. The first-order valence-corrected chi connectivity index (χ1v) is 10.9. The topological polar surface area (TPSA) is 107 Å². The highest BCUT2D eigenvalue weighted by atomic mass is 32.2. The van der Waals surface area contributed by atoms with Gasteiger partial charge in [0.05, 0.1) is 27.1 Å². The van der Waals surface area contributed by atoms with E-state index in [2.05, 4.69) is 4.72 Å². The second-order valence-corrected chi connectivity index (χ2v) is 9.50. The number of nitriles is 1. The maximum absolute atomic E-state index is 12.6. The molecular weight excluding hydrogens is 374 g/mol. The molecule has 0 aliphatic carbocycles. The van der Waals surface area contributed by atoms with Crippen molar-refractivity contribution in [3.8, 4) is 6.07 Å². The van der Waals surface area contributed by atoms with Crippen LogP contribution < -0.4 is 4.72 Å². The van der Waals surface area contributed by atoms with Gasteiger partial charge in [0.15, 0.2) is 0 Å². The van der Waals surface area contributed by atoms with Crippen molar-refractivity contribution in [1.82, 2.24) is 4.31 Å². The molecule has 0 bridgehead atoms. The number of benzene rings is 2. The van der Waals surface area contributed by atoms with Crippen LogP contribution in [0.3, 0.4) is 0 Å². The minimum Gasteiger partial charge on any atom is -0.280 e. The van der Waals surface area contributed by atoms with Gasteiger partial charge in [-0.25, -0.2) is 16.8 Å². The van der Waals surface area contributed by atoms with Crippen LogP contribution in [0, 0.1) is 11.3 Å². The van der Waals surface area contributed by atoms with Crippen molar-refractivity contribution < 1.29 is 16.8 Å². The normalized spacial score (nSPS) is 15.5. The number of hydrogen-bond donors (Lipinski definition) is 1. The minimum atomic E-state index is -3.89. The SMILES string of the molecule is N#Cc1ccc(S(=O)(=O)Nc2cccc(S(=O)(=O)N3CCCC3)c2)cc1. The van der Waals surface area contributed by atoms with E-state index in [1.807, 2.05) is 6.07 Å². The van der Waals surface area contributed by atoms with Gasteiger partial charge in [-0.1, -0.05) is 6.07 Å². The number of sulfonamides is 2. The van der Waals surface area contributed by atoms with E-state index in [0.717, 1.165) is 12.8 Å². The molecule has 136 valence electrons. The van der Waals surface area contributed by atoms with Gasteiger partial charge in [0.2, 0.25) is 10.0 Å². The zero-order valence-corrected chi connectivity index (χ0v) is 15.4. The highest BCUT2D eigenvalue weighted by Gasteiger charge is 2.27. The molecule has 7 nitrogen and oxygen atoms in total. The summed E-state index contributed by atoms with van der Waals surface area (Å²) in [6, 6.07) is 13.1. The van der Waals surface area contributed by atoms with E-state index in [1.165, 1.54) is 52.8 Å². The van der Waals surface area contributed by atoms with Crippen molar-refractivity contribution in [1.29, 1.82) is 5.26 Å². The summed E-state index contributed by atoms with van der Waals surface area (Å²) in [7, 11) is -7.52. The highest BCUT2D eigenvalue weighted by molar-refractivity contribution is 7.92. The van der Waals surface area contributed by atoms with E-state index in [9.17, 15) is 16.8 Å². The van der Waals surface area contributed by atoms with Crippen LogP contribution in [-0.2, 0) is 20.0 Å². The van der Waals surface area contributed by atoms with Crippen molar-refractivity contribution in [2.24, 2.45) is 0 Å². The van der Waals surface area contributed by atoms with Crippen LogP contribution in [0.15, 0.2) is 58.3 Å². The first-order valence-electron chi connectivity index (χ1n) is 7.96. The first-order chi connectivity index (χ1) is 12.3. The lowest BCUT2D eigenvalue weighted by Crippen LogP contribution is -2.27. The number of hydrogen-bond acceptors (Lipinski definition) is 5. The highest BCUT2D eigenvalue weighted by Crippen LogP contribution is 2.24. The summed E-state index contributed by atoms with van der Waals surface area (Å²) in [4.78, 5) is 0.0451. The number of anilines is 1. The van der Waals surface area contributed by atoms with Crippen molar-refractivity contribution in [3.63, 3.8) is 0 Å². The minimum absolute atomic E-state index is 0.00990. The van der Waals surface area contributed by atoms with Crippen molar-refractivity contribution in [2.75, 3.05) is 17.8 Å². The lowest BCUT2D eigenvalue weighted by Gasteiger charge is -2.16. The van der Waals surface area contributed by atoms with E-state index in [-0.39, 0.29) is 15.5 Å². The Morgan fingerprint density at radius 3 is 2.19 bits per heavy atom. The van der Waals surface area contributed by atoms with Gasteiger partial charge in [0, 0.05) is 13.1 Å². The molecule has 1 aliphatic rings. The summed E-state index contributed by atoms with van der Waals surface area (Å²) in [5.41, 5.74) is 0.511. The summed E-state index contributed by atoms with van der Waals surface area (Å²) in [5, 5.41) is 8.79. The summed E-state index contributed by atoms with van der Waals surface area (Å²) in [5.74, 6) is 0. The van der Waals surface area contributed by atoms with E-state index < -0.39 is 20.0 Å². The van der Waals surface area contributed by atoms with Crippen molar-refractivity contribution in [2.45, 2.75) is 22.6 Å². The lowest BCUT2D eigenvalue weighted by molar-refractivity contribution is 0.477. The van der Waals surface area contributed by atoms with Crippen molar-refractivity contribution >= 4 is 25.7 Å². The fourth-order valence-electron chi connectivity index (χ4n) is 2.72. The molecule has 1 saturated heterocycles. The summed E-state index contributed by atoms with van der Waals surface area (Å²) >= 11 is 0. The molecule has 2 aromatic carbocycles. The Morgan fingerprint density at radius 2 is 1.58 bits per heavy atom. The molecule has 0 unspecified atom stereocenters. The number of nitrogens with zero attached hydrogens (tertiary/aromatic N) is 2. The summed E-state index contributed by atoms with van der Waals surface area (Å²) in [6.07, 6.45) is 1.65. The third-order valence-corrected chi connectivity index (χ3v) is 7.37. The molecule has 0 amide bonds. The second kappa shape index (κ2) is 7.07. The van der Waals surface area contributed by atoms with Gasteiger partial charge in [-0.3, -0.25) is 4.72 Å². The van der Waals surface area contributed by atoms with Gasteiger partial charge < -0.3 is 0 Å². The molecule has 3 rings (SSSR count). The molecule has 9 heteroatoms. The largest absolute Gasteiger partial charge is 0.280 e. The zero-order chi connectivity index (χ0) is 18.8. The lowest BCUT2D eigenvalue weighted by atomic mass is 10.2. The molecule has 2 aromatic rings. The molecule has 0 spiro atoms. The second-order valence-electron chi connectivity index (χ2n) is 5.88. The first kappa shape index (κ1) is 18.4. The molecular formula is C17H17N3O4S2. The molecule has 0 atom stereocenters. The Kier molecular flexibility index (Phi) is 5.00. The Labute approximate surface area is 153 Å². The fourth-order valence-corrected chi connectivity index (χ4v) is 5.33.